The molecule has 2 atom stereocenters. The molecular weight excluding hydrogens is 487 g/mol. The molecule has 33 heavy (non-hydrogen) atoms. The fraction of sp³-hybridized carbons (Fsp3) is 0.304. The maximum absolute atomic E-state index is 12.9. The highest BCUT2D eigenvalue weighted by atomic mass is 35.5. The molecule has 1 aliphatic rings. The average Bonchev–Trinajstić information content (AvgIpc) is 2.74. The zero-order chi connectivity index (χ0) is 24.4. The van der Waals surface area contributed by atoms with Gasteiger partial charge in [0.1, 0.15) is 5.92 Å². The molecule has 2 aromatic rings. The molecule has 0 bridgehead atoms. The van der Waals surface area contributed by atoms with E-state index in [0.29, 0.717) is 36.0 Å². The minimum Gasteiger partial charge on any atom is -0.396 e. The summed E-state index contributed by atoms with van der Waals surface area (Å²) >= 11 is 12.3. The van der Waals surface area contributed by atoms with Crippen LogP contribution in [0, 0.1) is 11.3 Å². The Bertz CT molecular complexity index is 1270. The second-order valence-electron chi connectivity index (χ2n) is 7.72. The quantitative estimate of drug-likeness (QED) is 0.410. The molecule has 0 heterocycles. The van der Waals surface area contributed by atoms with Gasteiger partial charge >= 0.3 is 0 Å². The number of carbonyl (C=O) groups is 1. The van der Waals surface area contributed by atoms with E-state index in [4.69, 9.17) is 33.1 Å². The van der Waals surface area contributed by atoms with Crippen LogP contribution in [0.2, 0.25) is 10.0 Å². The number of primary amides is 1. The number of amides is 1. The number of allylic oxidation sites excluding steroid dienone is 1. The highest BCUT2D eigenvalue weighted by Gasteiger charge is 2.56. The second kappa shape index (κ2) is 9.84. The van der Waals surface area contributed by atoms with Gasteiger partial charge in [0.2, 0.25) is 5.91 Å². The van der Waals surface area contributed by atoms with Gasteiger partial charge in [-0.05, 0) is 53.7 Å². The summed E-state index contributed by atoms with van der Waals surface area (Å²) in [6, 6.07) is 13.2. The first-order valence-electron chi connectivity index (χ1n) is 10.1. The molecule has 2 aromatic carbocycles. The monoisotopic (exact) mass is 508 g/mol. The van der Waals surface area contributed by atoms with Crippen molar-refractivity contribution in [3.05, 3.63) is 74.8 Å². The van der Waals surface area contributed by atoms with Crippen LogP contribution >= 0.6 is 23.2 Å². The molecule has 0 aliphatic heterocycles. The number of rotatable bonds is 8. The predicted octanol–water partition coefficient (Wildman–Crippen LogP) is 3.89. The molecule has 0 fully saturated rings. The Balaban J connectivity index is 2.50. The van der Waals surface area contributed by atoms with E-state index in [-0.39, 0.29) is 27.8 Å². The summed E-state index contributed by atoms with van der Waals surface area (Å²) in [6.45, 7) is -0.0432. The van der Waals surface area contributed by atoms with Crippen molar-refractivity contribution in [1.82, 2.24) is 0 Å². The second-order valence-corrected chi connectivity index (χ2v) is 10.1. The van der Waals surface area contributed by atoms with Crippen LogP contribution < -0.4 is 5.73 Å². The Morgan fingerprint density at radius 2 is 1.91 bits per heavy atom. The van der Waals surface area contributed by atoms with Crippen LogP contribution in [0.25, 0.3) is 5.57 Å². The topological polar surface area (TPSA) is 130 Å². The van der Waals surface area contributed by atoms with Crippen LogP contribution in [0.5, 0.6) is 0 Å². The maximum Gasteiger partial charge on any atom is 0.265 e. The predicted molar refractivity (Wildman–Crippen MR) is 126 cm³/mol. The number of carbonyl (C=O) groups excluding carboxylic acids is 1. The fourth-order valence-electron chi connectivity index (χ4n) is 4.34. The van der Waals surface area contributed by atoms with Crippen LogP contribution in [0.4, 0.5) is 0 Å². The third kappa shape index (κ3) is 4.79. The number of aliphatic hydroxyl groups excluding tert-OH is 1. The average molecular weight is 509 g/mol. The molecule has 3 N–H and O–H groups in total. The van der Waals surface area contributed by atoms with E-state index in [9.17, 15) is 23.6 Å². The van der Waals surface area contributed by atoms with Gasteiger partial charge in [-0.1, -0.05) is 53.5 Å². The van der Waals surface area contributed by atoms with Crippen molar-refractivity contribution in [1.29, 1.82) is 5.26 Å². The molecule has 174 valence electrons. The molecule has 0 aromatic heterocycles. The van der Waals surface area contributed by atoms with E-state index in [1.807, 2.05) is 0 Å². The SMILES string of the molecule is CS(=O)(=O)O[C@@]1(c2ccc(Cl)c(Cl)c2)C(C#N)=C(CCCCO)c2ccccc2C1C(N)=O. The fourth-order valence-corrected chi connectivity index (χ4v) is 5.39. The van der Waals surface area contributed by atoms with Crippen LogP contribution in [0.3, 0.4) is 0 Å². The van der Waals surface area contributed by atoms with Gasteiger partial charge in [0.25, 0.3) is 10.1 Å². The number of aliphatic hydroxyl groups is 1. The smallest absolute Gasteiger partial charge is 0.265 e. The van der Waals surface area contributed by atoms with Crippen molar-refractivity contribution in [3.63, 3.8) is 0 Å². The van der Waals surface area contributed by atoms with Crippen LogP contribution in [-0.4, -0.2) is 32.3 Å². The number of nitriles is 1. The first-order chi connectivity index (χ1) is 15.6. The van der Waals surface area contributed by atoms with Crippen LogP contribution in [-0.2, 0) is 24.7 Å². The summed E-state index contributed by atoms with van der Waals surface area (Å²) in [5.74, 6) is -2.23. The number of halogens is 2. The molecule has 3 rings (SSSR count). The van der Waals surface area contributed by atoms with Gasteiger partial charge in [0.15, 0.2) is 5.60 Å². The number of nitrogens with zero attached hydrogens (tertiary/aromatic N) is 1. The minimum atomic E-state index is -4.22. The van der Waals surface area contributed by atoms with Crippen molar-refractivity contribution in [2.75, 3.05) is 12.9 Å². The van der Waals surface area contributed by atoms with Gasteiger partial charge in [-0.3, -0.25) is 8.98 Å². The molecule has 1 unspecified atom stereocenters. The Kier molecular flexibility index (Phi) is 7.52. The Morgan fingerprint density at radius 3 is 2.48 bits per heavy atom. The molecule has 10 heteroatoms. The van der Waals surface area contributed by atoms with E-state index in [1.54, 1.807) is 24.3 Å². The van der Waals surface area contributed by atoms with E-state index in [1.165, 1.54) is 18.2 Å². The van der Waals surface area contributed by atoms with Gasteiger partial charge in [-0.25, -0.2) is 0 Å². The number of hydrogen-bond donors (Lipinski definition) is 2. The zero-order valence-electron chi connectivity index (χ0n) is 17.7. The van der Waals surface area contributed by atoms with E-state index in [2.05, 4.69) is 6.07 Å². The first-order valence-corrected chi connectivity index (χ1v) is 12.6. The Labute approximate surface area is 202 Å². The van der Waals surface area contributed by atoms with Crippen molar-refractivity contribution in [2.24, 2.45) is 5.73 Å². The van der Waals surface area contributed by atoms with Gasteiger partial charge < -0.3 is 10.8 Å². The Morgan fingerprint density at radius 1 is 1.21 bits per heavy atom. The lowest BCUT2D eigenvalue weighted by Gasteiger charge is -2.43. The number of nitrogens with two attached hydrogens (primary N) is 1. The third-order valence-corrected chi connectivity index (χ3v) is 6.84. The number of fused-ring (bicyclic) bond motifs is 1. The van der Waals surface area contributed by atoms with Gasteiger partial charge in [-0.2, -0.15) is 13.7 Å². The molecule has 7 nitrogen and oxygen atoms in total. The van der Waals surface area contributed by atoms with Crippen LogP contribution in [0.1, 0.15) is 41.9 Å². The largest absolute Gasteiger partial charge is 0.396 e. The minimum absolute atomic E-state index is 0.0432. The summed E-state index contributed by atoms with van der Waals surface area (Å²) in [5.41, 5.74) is 5.36. The van der Waals surface area contributed by atoms with Gasteiger partial charge in [-0.15, -0.1) is 0 Å². The lowest BCUT2D eigenvalue weighted by molar-refractivity contribution is -0.123. The highest BCUT2D eigenvalue weighted by Crippen LogP contribution is 2.55. The van der Waals surface area contributed by atoms with E-state index >= 15 is 0 Å². The highest BCUT2D eigenvalue weighted by molar-refractivity contribution is 7.86. The molecule has 0 saturated carbocycles. The van der Waals surface area contributed by atoms with Crippen molar-refractivity contribution in [2.45, 2.75) is 30.8 Å². The lowest BCUT2D eigenvalue weighted by atomic mass is 9.65. The number of hydrogen-bond acceptors (Lipinski definition) is 6. The molecule has 1 amide bonds. The summed E-state index contributed by atoms with van der Waals surface area (Å²) in [5, 5.41) is 19.9. The Hall–Kier alpha value is -2.41. The first kappa shape index (κ1) is 25.2. The van der Waals surface area contributed by atoms with Crippen molar-refractivity contribution < 1.29 is 22.5 Å². The summed E-state index contributed by atoms with van der Waals surface area (Å²) < 4.78 is 30.7. The zero-order valence-corrected chi connectivity index (χ0v) is 20.0. The number of benzene rings is 2. The number of unbranched alkanes of at least 4 members (excludes halogenated alkanes) is 1. The third-order valence-electron chi connectivity index (χ3n) is 5.54. The van der Waals surface area contributed by atoms with E-state index < -0.39 is 27.5 Å². The van der Waals surface area contributed by atoms with Crippen LogP contribution in [0.15, 0.2) is 48.0 Å². The van der Waals surface area contributed by atoms with Gasteiger partial charge in [0.05, 0.1) is 27.9 Å². The van der Waals surface area contributed by atoms with Crippen molar-refractivity contribution >= 4 is 44.8 Å². The molecule has 1 aliphatic carbocycles. The lowest BCUT2D eigenvalue weighted by Crippen LogP contribution is -2.48. The molecular formula is C23H22Cl2N2O5S. The standard InChI is InChI=1S/C23H22Cl2N2O5S/c1-33(30,31)32-23(14-9-10-19(24)20(25)12-14)18(13-26)16(7-4-5-11-28)15-6-2-3-8-17(15)21(23)22(27)29/h2-3,6,8-10,12,21,28H,4-5,7,11H2,1H3,(H2,27,29)/t21?,23-/m0/s1. The maximum atomic E-state index is 12.9. The summed E-state index contributed by atoms with van der Waals surface area (Å²) in [7, 11) is -4.22. The summed E-state index contributed by atoms with van der Waals surface area (Å²) in [6.07, 6.45) is 2.16. The summed E-state index contributed by atoms with van der Waals surface area (Å²) in [4.78, 5) is 12.9. The molecule has 0 spiro atoms. The normalized spacial score (nSPS) is 20.3. The van der Waals surface area contributed by atoms with Gasteiger partial charge in [0, 0.05) is 6.61 Å². The van der Waals surface area contributed by atoms with Crippen molar-refractivity contribution in [3.8, 4) is 6.07 Å². The molecule has 0 saturated heterocycles. The van der Waals surface area contributed by atoms with E-state index in [0.717, 1.165) is 6.26 Å². The molecule has 0 radical (unpaired) electrons.